The van der Waals surface area contributed by atoms with Gasteiger partial charge in [0, 0.05) is 16.7 Å². The fourth-order valence-corrected chi connectivity index (χ4v) is 3.27. The summed E-state index contributed by atoms with van der Waals surface area (Å²) in [5.41, 5.74) is 6.22. The van der Waals surface area contributed by atoms with Gasteiger partial charge in [-0.15, -0.1) is 11.8 Å². The minimum Gasteiger partial charge on any atom is -0.322 e. The third kappa shape index (κ3) is 2.05. The second-order valence-corrected chi connectivity index (χ2v) is 5.61. The highest BCUT2D eigenvalue weighted by Gasteiger charge is 2.27. The molecule has 5 heteroatoms. The number of amides is 1. The number of halogens is 1. The maximum absolute atomic E-state index is 11.8. The maximum Gasteiger partial charge on any atom is 0.240 e. The Morgan fingerprint density at radius 3 is 3.12 bits per heavy atom. The van der Waals surface area contributed by atoms with Crippen molar-refractivity contribution in [2.75, 3.05) is 18.0 Å². The van der Waals surface area contributed by atoms with Crippen LogP contribution in [0.4, 0.5) is 5.69 Å². The number of fused-ring (bicyclic) bond motifs is 1. The molecule has 1 heterocycles. The summed E-state index contributed by atoms with van der Waals surface area (Å²) in [6.45, 7) is 2.77. The fourth-order valence-electron chi connectivity index (χ4n) is 1.79. The minimum atomic E-state index is -0.0819. The molecule has 1 atom stereocenters. The molecule has 1 aromatic rings. The number of benzene rings is 1. The zero-order valence-corrected chi connectivity index (χ0v) is 10.5. The lowest BCUT2D eigenvalue weighted by atomic mass is 10.2. The number of carbonyl (C=O) groups excluding carboxylic acids is 1. The molecule has 1 unspecified atom stereocenters. The first kappa shape index (κ1) is 11.8. The van der Waals surface area contributed by atoms with Crippen molar-refractivity contribution in [3.05, 3.63) is 23.2 Å². The number of carbonyl (C=O) groups is 1. The van der Waals surface area contributed by atoms with Crippen LogP contribution in [0.5, 0.6) is 0 Å². The zero-order chi connectivity index (χ0) is 11.7. The van der Waals surface area contributed by atoms with Crippen molar-refractivity contribution in [3.63, 3.8) is 0 Å². The molecule has 0 fully saturated rings. The van der Waals surface area contributed by atoms with E-state index in [1.807, 2.05) is 12.1 Å². The zero-order valence-electron chi connectivity index (χ0n) is 8.94. The smallest absolute Gasteiger partial charge is 0.240 e. The summed E-state index contributed by atoms with van der Waals surface area (Å²) >= 11 is 7.88. The van der Waals surface area contributed by atoms with Gasteiger partial charge in [0.25, 0.3) is 0 Å². The van der Waals surface area contributed by atoms with Crippen LogP contribution in [0.15, 0.2) is 23.1 Å². The summed E-state index contributed by atoms with van der Waals surface area (Å²) in [6, 6.07) is 5.68. The van der Waals surface area contributed by atoms with E-state index in [4.69, 9.17) is 17.3 Å². The van der Waals surface area contributed by atoms with Gasteiger partial charge in [-0.2, -0.15) is 0 Å². The highest BCUT2D eigenvalue weighted by molar-refractivity contribution is 8.00. The minimum absolute atomic E-state index is 0.0159. The molecule has 2 N–H and O–H groups in total. The van der Waals surface area contributed by atoms with Crippen molar-refractivity contribution in [2.24, 2.45) is 5.73 Å². The second-order valence-electron chi connectivity index (χ2n) is 3.72. The molecule has 3 nitrogen and oxygen atoms in total. The number of rotatable bonds is 1. The lowest BCUT2D eigenvalue weighted by Gasteiger charge is -2.33. The predicted molar refractivity (Wildman–Crippen MR) is 68.2 cm³/mol. The topological polar surface area (TPSA) is 46.3 Å². The molecule has 0 bridgehead atoms. The Kier molecular flexibility index (Phi) is 3.42. The van der Waals surface area contributed by atoms with Crippen LogP contribution in [0.1, 0.15) is 6.92 Å². The van der Waals surface area contributed by atoms with Crippen LogP contribution >= 0.6 is 23.4 Å². The largest absolute Gasteiger partial charge is 0.322 e. The molecule has 16 heavy (non-hydrogen) atoms. The van der Waals surface area contributed by atoms with Crippen molar-refractivity contribution in [3.8, 4) is 0 Å². The van der Waals surface area contributed by atoms with Crippen molar-refractivity contribution in [1.29, 1.82) is 0 Å². The van der Waals surface area contributed by atoms with Crippen LogP contribution in [-0.4, -0.2) is 24.2 Å². The number of anilines is 1. The molecule has 0 radical (unpaired) electrons. The van der Waals surface area contributed by atoms with Gasteiger partial charge in [0.1, 0.15) is 0 Å². The number of hydrogen-bond acceptors (Lipinski definition) is 3. The SMILES string of the molecule is CC1CN(C(=O)CN)c2c(Cl)cccc2S1. The molecular weight excluding hydrogens is 244 g/mol. The molecule has 1 aliphatic rings. The fraction of sp³-hybridized carbons (Fsp3) is 0.364. The summed E-state index contributed by atoms with van der Waals surface area (Å²) in [5, 5.41) is 0.972. The van der Waals surface area contributed by atoms with E-state index in [-0.39, 0.29) is 12.5 Å². The molecule has 0 saturated heterocycles. The summed E-state index contributed by atoms with van der Waals surface area (Å²) in [5.74, 6) is -0.0819. The number of para-hydroxylation sites is 1. The molecule has 0 aromatic heterocycles. The molecule has 1 amide bonds. The van der Waals surface area contributed by atoms with Crippen molar-refractivity contribution >= 4 is 35.0 Å². The van der Waals surface area contributed by atoms with Crippen LogP contribution in [-0.2, 0) is 4.79 Å². The number of nitrogens with two attached hydrogens (primary N) is 1. The van der Waals surface area contributed by atoms with Gasteiger partial charge in [-0.25, -0.2) is 0 Å². The standard InChI is InChI=1S/C11H13ClN2OS/c1-7-6-14(10(15)5-13)11-8(12)3-2-4-9(11)16-7/h2-4,7H,5-6,13H2,1H3. The van der Waals surface area contributed by atoms with Crippen LogP contribution in [0.3, 0.4) is 0 Å². The van der Waals surface area contributed by atoms with E-state index >= 15 is 0 Å². The van der Waals surface area contributed by atoms with E-state index in [9.17, 15) is 4.79 Å². The van der Waals surface area contributed by atoms with Crippen LogP contribution in [0.25, 0.3) is 0 Å². The summed E-state index contributed by atoms with van der Waals surface area (Å²) in [7, 11) is 0. The van der Waals surface area contributed by atoms with E-state index in [0.717, 1.165) is 10.6 Å². The average molecular weight is 257 g/mol. The van der Waals surface area contributed by atoms with Gasteiger partial charge < -0.3 is 10.6 Å². The van der Waals surface area contributed by atoms with E-state index in [1.54, 1.807) is 22.7 Å². The van der Waals surface area contributed by atoms with E-state index < -0.39 is 0 Å². The highest BCUT2D eigenvalue weighted by Crippen LogP contribution is 2.42. The monoisotopic (exact) mass is 256 g/mol. The molecule has 2 rings (SSSR count). The van der Waals surface area contributed by atoms with Gasteiger partial charge in [-0.1, -0.05) is 24.6 Å². The van der Waals surface area contributed by atoms with Crippen molar-refractivity contribution in [1.82, 2.24) is 0 Å². The number of nitrogens with zero attached hydrogens (tertiary/aromatic N) is 1. The van der Waals surface area contributed by atoms with E-state index in [0.29, 0.717) is 16.8 Å². The van der Waals surface area contributed by atoms with Crippen molar-refractivity contribution in [2.45, 2.75) is 17.1 Å². The molecular formula is C11H13ClN2OS. The van der Waals surface area contributed by atoms with Crippen molar-refractivity contribution < 1.29 is 4.79 Å². The maximum atomic E-state index is 11.8. The van der Waals surface area contributed by atoms with E-state index in [2.05, 4.69) is 6.92 Å². The van der Waals surface area contributed by atoms with Gasteiger partial charge in [0.05, 0.1) is 17.3 Å². The number of thioether (sulfide) groups is 1. The lowest BCUT2D eigenvalue weighted by Crippen LogP contribution is -2.42. The Morgan fingerprint density at radius 2 is 2.44 bits per heavy atom. The Labute approximate surface area is 104 Å². The normalized spacial score (nSPS) is 19.4. The van der Waals surface area contributed by atoms with Crippen LogP contribution < -0.4 is 10.6 Å². The first-order valence-corrected chi connectivity index (χ1v) is 6.35. The first-order chi connectivity index (χ1) is 7.63. The first-order valence-electron chi connectivity index (χ1n) is 5.09. The molecule has 0 saturated carbocycles. The third-order valence-corrected chi connectivity index (χ3v) is 3.90. The van der Waals surface area contributed by atoms with Crippen LogP contribution in [0, 0.1) is 0 Å². The van der Waals surface area contributed by atoms with Gasteiger partial charge in [0.15, 0.2) is 0 Å². The van der Waals surface area contributed by atoms with E-state index in [1.165, 1.54) is 0 Å². The predicted octanol–water partition coefficient (Wildman–Crippen LogP) is 2.13. The molecule has 0 aliphatic carbocycles. The van der Waals surface area contributed by atoms with Gasteiger partial charge in [0.2, 0.25) is 5.91 Å². The quantitative estimate of drug-likeness (QED) is 0.837. The average Bonchev–Trinajstić information content (AvgIpc) is 2.27. The molecule has 0 spiro atoms. The van der Waals surface area contributed by atoms with Gasteiger partial charge in [-0.3, -0.25) is 4.79 Å². The summed E-state index contributed by atoms with van der Waals surface area (Å²) in [4.78, 5) is 14.5. The summed E-state index contributed by atoms with van der Waals surface area (Å²) in [6.07, 6.45) is 0. The Morgan fingerprint density at radius 1 is 1.69 bits per heavy atom. The van der Waals surface area contributed by atoms with Crippen LogP contribution in [0.2, 0.25) is 5.02 Å². The second kappa shape index (κ2) is 4.65. The number of hydrogen-bond donors (Lipinski definition) is 1. The van der Waals surface area contributed by atoms with Gasteiger partial charge in [-0.05, 0) is 12.1 Å². The molecule has 86 valence electrons. The Bertz CT molecular complexity index is 424. The third-order valence-electron chi connectivity index (χ3n) is 2.46. The lowest BCUT2D eigenvalue weighted by molar-refractivity contribution is -0.117. The Balaban J connectivity index is 2.47. The summed E-state index contributed by atoms with van der Waals surface area (Å²) < 4.78 is 0. The van der Waals surface area contributed by atoms with Gasteiger partial charge >= 0.3 is 0 Å². The highest BCUT2D eigenvalue weighted by atomic mass is 35.5. The molecule has 1 aromatic carbocycles. The Hall–Kier alpha value is -0.710. The molecule has 1 aliphatic heterocycles.